The number of hydrogen-bond donors (Lipinski definition) is 1. The topological polar surface area (TPSA) is 29.3 Å². The third kappa shape index (κ3) is 3.31. The number of piperidine rings is 1. The predicted molar refractivity (Wildman–Crippen MR) is 75.8 cm³/mol. The first-order valence-electron chi connectivity index (χ1n) is 6.48. The Labute approximate surface area is 116 Å². The molecule has 1 aliphatic heterocycles. The van der Waals surface area contributed by atoms with Crippen molar-refractivity contribution in [1.29, 1.82) is 0 Å². The highest BCUT2D eigenvalue weighted by atomic mass is 79.9. The monoisotopic (exact) mass is 314 g/mol. The van der Waals surface area contributed by atoms with Gasteiger partial charge in [0.05, 0.1) is 0 Å². The van der Waals surface area contributed by atoms with Crippen LogP contribution in [0, 0.1) is 11.7 Å². The summed E-state index contributed by atoms with van der Waals surface area (Å²) in [7, 11) is 0. The molecule has 2 N–H and O–H groups in total. The summed E-state index contributed by atoms with van der Waals surface area (Å²) in [5.74, 6) is 0.422. The summed E-state index contributed by atoms with van der Waals surface area (Å²) in [6.07, 6.45) is 2.34. The SMILES string of the molecule is CC1CCC(CN)CN1Cc1ccc(Br)cc1F. The Bertz CT molecular complexity index is 411. The van der Waals surface area contributed by atoms with Gasteiger partial charge in [-0.05, 0) is 44.4 Å². The normalized spacial score (nSPS) is 25.3. The third-order valence-electron chi connectivity index (χ3n) is 3.83. The summed E-state index contributed by atoms with van der Waals surface area (Å²) < 4.78 is 14.6. The molecule has 0 amide bonds. The second-order valence-electron chi connectivity index (χ2n) is 5.19. The molecule has 0 bridgehead atoms. The van der Waals surface area contributed by atoms with Crippen LogP contribution in [0.5, 0.6) is 0 Å². The highest BCUT2D eigenvalue weighted by molar-refractivity contribution is 9.10. The molecule has 1 aliphatic rings. The molecule has 0 radical (unpaired) electrons. The second kappa shape index (κ2) is 6.13. The van der Waals surface area contributed by atoms with Crippen LogP contribution in [0.15, 0.2) is 22.7 Å². The van der Waals surface area contributed by atoms with Crippen LogP contribution in [-0.4, -0.2) is 24.0 Å². The number of nitrogens with zero attached hydrogens (tertiary/aromatic N) is 1. The van der Waals surface area contributed by atoms with Crippen LogP contribution in [-0.2, 0) is 6.54 Å². The van der Waals surface area contributed by atoms with Gasteiger partial charge in [0.1, 0.15) is 5.82 Å². The van der Waals surface area contributed by atoms with E-state index >= 15 is 0 Å². The Kier molecular flexibility index (Phi) is 4.76. The molecule has 1 heterocycles. The summed E-state index contributed by atoms with van der Waals surface area (Å²) in [6, 6.07) is 5.80. The van der Waals surface area contributed by atoms with Crippen molar-refractivity contribution in [2.45, 2.75) is 32.4 Å². The van der Waals surface area contributed by atoms with Gasteiger partial charge in [-0.1, -0.05) is 22.0 Å². The van der Waals surface area contributed by atoms with E-state index in [2.05, 4.69) is 27.8 Å². The zero-order chi connectivity index (χ0) is 13.1. The summed E-state index contributed by atoms with van der Waals surface area (Å²) in [4.78, 5) is 2.34. The van der Waals surface area contributed by atoms with Gasteiger partial charge in [-0.2, -0.15) is 0 Å². The molecule has 2 nitrogen and oxygen atoms in total. The van der Waals surface area contributed by atoms with Crippen LogP contribution in [0.25, 0.3) is 0 Å². The highest BCUT2D eigenvalue weighted by Gasteiger charge is 2.25. The number of benzene rings is 1. The van der Waals surface area contributed by atoms with E-state index in [1.807, 2.05) is 12.1 Å². The largest absolute Gasteiger partial charge is 0.330 e. The molecule has 0 spiro atoms. The number of hydrogen-bond acceptors (Lipinski definition) is 2. The van der Waals surface area contributed by atoms with Crippen LogP contribution in [0.4, 0.5) is 4.39 Å². The van der Waals surface area contributed by atoms with Crippen molar-refractivity contribution >= 4 is 15.9 Å². The maximum atomic E-state index is 13.8. The van der Waals surface area contributed by atoms with Crippen molar-refractivity contribution in [3.63, 3.8) is 0 Å². The Hall–Kier alpha value is -0.450. The van der Waals surface area contributed by atoms with E-state index in [9.17, 15) is 4.39 Å². The van der Waals surface area contributed by atoms with E-state index in [1.54, 1.807) is 0 Å². The van der Waals surface area contributed by atoms with Crippen molar-refractivity contribution in [3.8, 4) is 0 Å². The summed E-state index contributed by atoms with van der Waals surface area (Å²) in [5.41, 5.74) is 6.51. The fourth-order valence-electron chi connectivity index (χ4n) is 2.54. The zero-order valence-electron chi connectivity index (χ0n) is 10.7. The van der Waals surface area contributed by atoms with Gasteiger partial charge in [0.25, 0.3) is 0 Å². The van der Waals surface area contributed by atoms with Crippen molar-refractivity contribution in [2.75, 3.05) is 13.1 Å². The van der Waals surface area contributed by atoms with Gasteiger partial charge in [-0.25, -0.2) is 4.39 Å². The third-order valence-corrected chi connectivity index (χ3v) is 4.32. The molecule has 1 fully saturated rings. The quantitative estimate of drug-likeness (QED) is 0.928. The van der Waals surface area contributed by atoms with E-state index in [0.29, 0.717) is 18.5 Å². The van der Waals surface area contributed by atoms with E-state index in [-0.39, 0.29) is 5.82 Å². The Morgan fingerprint density at radius 1 is 1.44 bits per heavy atom. The van der Waals surface area contributed by atoms with Gasteiger partial charge in [0.2, 0.25) is 0 Å². The van der Waals surface area contributed by atoms with Gasteiger partial charge in [-0.15, -0.1) is 0 Å². The fourth-order valence-corrected chi connectivity index (χ4v) is 2.88. The van der Waals surface area contributed by atoms with Gasteiger partial charge in [0.15, 0.2) is 0 Å². The van der Waals surface area contributed by atoms with Crippen LogP contribution in [0.2, 0.25) is 0 Å². The average Bonchev–Trinajstić information content (AvgIpc) is 2.35. The summed E-state index contributed by atoms with van der Waals surface area (Å²) in [6.45, 7) is 4.60. The average molecular weight is 315 g/mol. The molecule has 4 heteroatoms. The lowest BCUT2D eigenvalue weighted by Crippen LogP contribution is -2.43. The summed E-state index contributed by atoms with van der Waals surface area (Å²) in [5, 5.41) is 0. The molecule has 2 unspecified atom stereocenters. The maximum Gasteiger partial charge on any atom is 0.128 e. The molecule has 0 aromatic heterocycles. The zero-order valence-corrected chi connectivity index (χ0v) is 12.3. The lowest BCUT2D eigenvalue weighted by atomic mass is 9.93. The lowest BCUT2D eigenvalue weighted by Gasteiger charge is -2.37. The van der Waals surface area contributed by atoms with Crippen molar-refractivity contribution < 1.29 is 4.39 Å². The molecule has 18 heavy (non-hydrogen) atoms. The van der Waals surface area contributed by atoms with Crippen molar-refractivity contribution in [3.05, 3.63) is 34.1 Å². The molecule has 0 aliphatic carbocycles. The number of rotatable bonds is 3. The molecule has 1 aromatic carbocycles. The van der Waals surface area contributed by atoms with Crippen LogP contribution < -0.4 is 5.73 Å². The van der Waals surface area contributed by atoms with Crippen LogP contribution >= 0.6 is 15.9 Å². The minimum Gasteiger partial charge on any atom is -0.330 e. The van der Waals surface area contributed by atoms with E-state index in [1.165, 1.54) is 12.5 Å². The first-order chi connectivity index (χ1) is 8.60. The fraction of sp³-hybridized carbons (Fsp3) is 0.571. The van der Waals surface area contributed by atoms with Gasteiger partial charge in [-0.3, -0.25) is 4.90 Å². The van der Waals surface area contributed by atoms with Gasteiger partial charge in [0, 0.05) is 29.2 Å². The van der Waals surface area contributed by atoms with Crippen molar-refractivity contribution in [2.24, 2.45) is 11.7 Å². The summed E-state index contributed by atoms with van der Waals surface area (Å²) >= 11 is 3.28. The Morgan fingerprint density at radius 3 is 2.89 bits per heavy atom. The molecule has 1 saturated heterocycles. The van der Waals surface area contributed by atoms with Crippen molar-refractivity contribution in [1.82, 2.24) is 4.90 Å². The highest BCUT2D eigenvalue weighted by Crippen LogP contribution is 2.24. The Morgan fingerprint density at radius 2 is 2.22 bits per heavy atom. The molecule has 2 rings (SSSR count). The van der Waals surface area contributed by atoms with E-state index in [4.69, 9.17) is 5.73 Å². The van der Waals surface area contributed by atoms with E-state index < -0.39 is 0 Å². The van der Waals surface area contributed by atoms with E-state index in [0.717, 1.165) is 29.5 Å². The first kappa shape index (κ1) is 14.0. The molecular weight excluding hydrogens is 295 g/mol. The van der Waals surface area contributed by atoms with Gasteiger partial charge < -0.3 is 5.73 Å². The first-order valence-corrected chi connectivity index (χ1v) is 7.27. The molecule has 0 saturated carbocycles. The second-order valence-corrected chi connectivity index (χ2v) is 6.11. The van der Waals surface area contributed by atoms with Gasteiger partial charge >= 0.3 is 0 Å². The molecule has 100 valence electrons. The Balaban J connectivity index is 2.07. The maximum absolute atomic E-state index is 13.8. The minimum atomic E-state index is -0.133. The molecule has 1 aromatic rings. The smallest absolute Gasteiger partial charge is 0.128 e. The number of likely N-dealkylation sites (tertiary alicyclic amines) is 1. The molecular formula is C14H20BrFN2. The lowest BCUT2D eigenvalue weighted by molar-refractivity contribution is 0.112. The standard InChI is InChI=1S/C14H20BrFN2/c1-10-2-3-11(7-17)8-18(10)9-12-4-5-13(15)6-14(12)16/h4-6,10-11H,2-3,7-9,17H2,1H3. The predicted octanol–water partition coefficient (Wildman–Crippen LogP) is 3.15. The number of nitrogens with two attached hydrogens (primary N) is 1. The minimum absolute atomic E-state index is 0.133. The molecule has 2 atom stereocenters. The van der Waals surface area contributed by atoms with Crippen LogP contribution in [0.1, 0.15) is 25.3 Å². The number of halogens is 2. The van der Waals surface area contributed by atoms with Crippen LogP contribution in [0.3, 0.4) is 0 Å².